The number of fused-ring (bicyclic) bond motifs is 2. The number of rotatable bonds is 4. The van der Waals surface area contributed by atoms with Crippen LogP contribution in [0, 0.1) is 0 Å². The summed E-state index contributed by atoms with van der Waals surface area (Å²) in [5, 5.41) is 12.0. The van der Waals surface area contributed by atoms with Crippen molar-refractivity contribution in [1.29, 1.82) is 0 Å². The van der Waals surface area contributed by atoms with Gasteiger partial charge in [-0.3, -0.25) is 4.57 Å². The molecule has 1 unspecified atom stereocenters. The molecule has 0 spiro atoms. The summed E-state index contributed by atoms with van der Waals surface area (Å²) in [7, 11) is 1.71. The summed E-state index contributed by atoms with van der Waals surface area (Å²) in [5.41, 5.74) is 0.257. The average Bonchev–Trinajstić information content (AvgIpc) is 3.35. The second-order valence-corrected chi connectivity index (χ2v) is 10.1. The molecule has 1 N–H and O–H groups in total. The molecule has 2 aliphatic rings. The van der Waals surface area contributed by atoms with Crippen LogP contribution in [0.4, 0.5) is 15.4 Å². The molecule has 2 fully saturated rings. The molecule has 0 radical (unpaired) electrons. The van der Waals surface area contributed by atoms with Gasteiger partial charge in [0.1, 0.15) is 11.9 Å². The molecule has 4 rings (SSSR count). The molecule has 33 heavy (non-hydrogen) atoms. The summed E-state index contributed by atoms with van der Waals surface area (Å²) in [6, 6.07) is 1.90. The highest BCUT2D eigenvalue weighted by Gasteiger charge is 2.45. The molecule has 2 aromatic rings. The first-order valence-corrected chi connectivity index (χ1v) is 11.5. The number of nitrogens with zero attached hydrogens (tertiary/aromatic N) is 6. The topological polar surface area (TPSA) is 105 Å². The van der Waals surface area contributed by atoms with Crippen LogP contribution in [0.15, 0.2) is 24.8 Å². The lowest BCUT2D eigenvalue weighted by Gasteiger charge is -2.40. The van der Waals surface area contributed by atoms with Gasteiger partial charge in [0.25, 0.3) is 0 Å². The van der Waals surface area contributed by atoms with Gasteiger partial charge in [-0.2, -0.15) is 0 Å². The lowest BCUT2D eigenvalue weighted by Crippen LogP contribution is -2.51. The fourth-order valence-electron chi connectivity index (χ4n) is 4.64. The van der Waals surface area contributed by atoms with Crippen LogP contribution in [0.25, 0.3) is 0 Å². The Morgan fingerprint density at radius 3 is 2.55 bits per heavy atom. The van der Waals surface area contributed by atoms with Crippen LogP contribution in [0.2, 0.25) is 5.15 Å². The molecular formula is C22H30ClN7O3. The Morgan fingerprint density at radius 2 is 1.94 bits per heavy atom. The number of carbonyl (C=O) groups is 2. The first kappa shape index (κ1) is 23.3. The van der Waals surface area contributed by atoms with Crippen molar-refractivity contribution < 1.29 is 14.3 Å². The Kier molecular flexibility index (Phi) is 6.47. The molecule has 2 saturated heterocycles. The van der Waals surface area contributed by atoms with E-state index in [9.17, 15) is 9.59 Å². The Bertz CT molecular complexity index is 994. The normalized spacial score (nSPS) is 22.2. The highest BCUT2D eigenvalue weighted by Crippen LogP contribution is 2.38. The van der Waals surface area contributed by atoms with E-state index in [0.717, 1.165) is 31.2 Å². The third-order valence-corrected chi connectivity index (χ3v) is 6.17. The molecule has 3 atom stereocenters. The summed E-state index contributed by atoms with van der Waals surface area (Å²) in [5.74, 6) is 0.597. The fourth-order valence-corrected chi connectivity index (χ4v) is 4.81. The van der Waals surface area contributed by atoms with Crippen LogP contribution in [-0.2, 0) is 11.3 Å². The van der Waals surface area contributed by atoms with Crippen molar-refractivity contribution in [2.24, 2.45) is 0 Å². The molecule has 11 heteroatoms. The first-order valence-electron chi connectivity index (χ1n) is 11.1. The number of piperidine rings is 1. The Hall–Kier alpha value is -2.88. The first-order chi connectivity index (χ1) is 15.6. The lowest BCUT2D eigenvalue weighted by molar-refractivity contribution is 0.00682. The maximum Gasteiger partial charge on any atom is 0.410 e. The smallest absolute Gasteiger partial charge is 0.410 e. The molecule has 0 saturated carbocycles. The van der Waals surface area contributed by atoms with E-state index in [-0.39, 0.29) is 35.4 Å². The fraction of sp³-hybridized carbons (Fsp3) is 0.591. The largest absolute Gasteiger partial charge is 0.444 e. The predicted octanol–water partition coefficient (Wildman–Crippen LogP) is 3.77. The molecule has 2 bridgehead atoms. The van der Waals surface area contributed by atoms with Crippen LogP contribution in [0.1, 0.15) is 52.0 Å². The quantitative estimate of drug-likeness (QED) is 0.717. The van der Waals surface area contributed by atoms with Crippen LogP contribution in [-0.4, -0.2) is 72.4 Å². The van der Waals surface area contributed by atoms with Crippen LogP contribution < -0.4 is 5.32 Å². The summed E-state index contributed by atoms with van der Waals surface area (Å²) >= 11 is 6.11. The van der Waals surface area contributed by atoms with Gasteiger partial charge in [-0.25, -0.2) is 14.6 Å². The number of nitrogens with one attached hydrogen (secondary N) is 1. The van der Waals surface area contributed by atoms with E-state index in [1.54, 1.807) is 30.4 Å². The number of anilines is 1. The maximum atomic E-state index is 12.7. The van der Waals surface area contributed by atoms with E-state index in [2.05, 4.69) is 20.5 Å². The zero-order chi connectivity index (χ0) is 23.8. The van der Waals surface area contributed by atoms with Crippen molar-refractivity contribution in [2.75, 3.05) is 12.4 Å². The van der Waals surface area contributed by atoms with Gasteiger partial charge in [-0.1, -0.05) is 11.6 Å². The number of halogens is 1. The highest BCUT2D eigenvalue weighted by molar-refractivity contribution is 6.29. The summed E-state index contributed by atoms with van der Waals surface area (Å²) in [4.78, 5) is 32.7. The Balaban J connectivity index is 1.44. The van der Waals surface area contributed by atoms with Gasteiger partial charge in [-0.15, -0.1) is 10.2 Å². The van der Waals surface area contributed by atoms with Gasteiger partial charge < -0.3 is 19.9 Å². The summed E-state index contributed by atoms with van der Waals surface area (Å²) < 4.78 is 7.04. The molecule has 2 amide bonds. The van der Waals surface area contributed by atoms with E-state index in [4.69, 9.17) is 16.3 Å². The predicted molar refractivity (Wildman–Crippen MR) is 123 cm³/mol. The summed E-state index contributed by atoms with van der Waals surface area (Å²) in [6.45, 7) is 5.96. The van der Waals surface area contributed by atoms with Crippen molar-refractivity contribution in [3.63, 3.8) is 0 Å². The second kappa shape index (κ2) is 9.17. The van der Waals surface area contributed by atoms with Crippen molar-refractivity contribution in [2.45, 2.75) is 76.7 Å². The number of hydrogen-bond donors (Lipinski definition) is 1. The second-order valence-electron chi connectivity index (χ2n) is 9.73. The Morgan fingerprint density at radius 1 is 1.24 bits per heavy atom. The minimum atomic E-state index is -0.514. The van der Waals surface area contributed by atoms with Crippen LogP contribution in [0.3, 0.4) is 0 Å². The van der Waals surface area contributed by atoms with Gasteiger partial charge in [-0.05, 0) is 52.5 Å². The monoisotopic (exact) mass is 475 g/mol. The third-order valence-electron chi connectivity index (χ3n) is 5.98. The number of imidazole rings is 1. The van der Waals surface area contributed by atoms with E-state index in [0.29, 0.717) is 12.4 Å². The highest BCUT2D eigenvalue weighted by atomic mass is 35.5. The van der Waals surface area contributed by atoms with Crippen molar-refractivity contribution in [3.8, 4) is 0 Å². The lowest BCUT2D eigenvalue weighted by atomic mass is 9.97. The number of carbonyl (C=O) groups excluding carboxylic acids is 2. The molecule has 10 nitrogen and oxygen atoms in total. The number of hydrogen-bond acceptors (Lipinski definition) is 7. The third kappa shape index (κ3) is 5.38. The van der Waals surface area contributed by atoms with E-state index in [1.807, 2.05) is 25.7 Å². The SMILES string of the molecule is CN(Cc1cc(Cl)nnc1NC1C[C@H]2CC[C@@H](C1)N2C(=O)OC(C)(C)C)C(=O)n1ccnc1. The standard InChI is InChI=1S/C22H30ClN7O3/c1-22(2,3)33-21(32)30-16-5-6-17(30)11-15(10-16)25-19-14(9-18(23)26-27-19)12-28(4)20(31)29-8-7-24-13-29/h7-9,13,15-17H,5-6,10-12H2,1-4H3,(H,25,27)/t15?,16-,17+. The molecule has 2 aliphatic heterocycles. The van der Waals surface area contributed by atoms with Crippen LogP contribution >= 0.6 is 11.6 Å². The van der Waals surface area contributed by atoms with E-state index >= 15 is 0 Å². The minimum Gasteiger partial charge on any atom is -0.444 e. The van der Waals surface area contributed by atoms with E-state index in [1.165, 1.54) is 10.9 Å². The van der Waals surface area contributed by atoms with E-state index < -0.39 is 5.60 Å². The van der Waals surface area contributed by atoms with Crippen molar-refractivity contribution in [1.82, 2.24) is 29.5 Å². The van der Waals surface area contributed by atoms with Crippen LogP contribution in [0.5, 0.6) is 0 Å². The molecule has 0 aromatic carbocycles. The van der Waals surface area contributed by atoms with Gasteiger partial charge in [0.15, 0.2) is 11.0 Å². The zero-order valence-corrected chi connectivity index (χ0v) is 20.1. The molecule has 2 aromatic heterocycles. The van der Waals surface area contributed by atoms with Gasteiger partial charge >= 0.3 is 12.1 Å². The average molecular weight is 476 g/mol. The Labute approximate surface area is 198 Å². The van der Waals surface area contributed by atoms with Crippen molar-refractivity contribution >= 4 is 29.5 Å². The van der Waals surface area contributed by atoms with Crippen molar-refractivity contribution in [3.05, 3.63) is 35.5 Å². The molecule has 4 heterocycles. The number of amides is 2. The van der Waals surface area contributed by atoms with Gasteiger partial charge in [0.2, 0.25) is 0 Å². The molecular weight excluding hydrogens is 446 g/mol. The number of aromatic nitrogens is 4. The maximum absolute atomic E-state index is 12.7. The van der Waals surface area contributed by atoms with Gasteiger partial charge in [0, 0.05) is 43.1 Å². The molecule has 178 valence electrons. The molecule has 0 aliphatic carbocycles. The summed E-state index contributed by atoms with van der Waals surface area (Å²) in [6.07, 6.45) is 7.90. The number of ether oxygens (including phenoxy) is 1. The zero-order valence-electron chi connectivity index (χ0n) is 19.4. The minimum absolute atomic E-state index is 0.130. The van der Waals surface area contributed by atoms with Gasteiger partial charge in [0.05, 0.1) is 6.54 Å².